The van der Waals surface area contributed by atoms with Crippen LogP contribution in [0.1, 0.15) is 11.3 Å². The lowest BCUT2D eigenvalue weighted by atomic mass is 10.1. The molecule has 8 heteroatoms. The first-order valence-corrected chi connectivity index (χ1v) is 8.68. The van der Waals surface area contributed by atoms with Crippen LogP contribution in [0.4, 0.5) is 15.9 Å². The molecule has 0 aliphatic carbocycles. The number of aromatic nitrogens is 4. The van der Waals surface area contributed by atoms with Crippen molar-refractivity contribution < 1.29 is 4.39 Å². The fourth-order valence-corrected chi connectivity index (χ4v) is 3.23. The monoisotopic (exact) mass is 363 g/mol. The molecule has 1 aliphatic rings. The summed E-state index contributed by atoms with van der Waals surface area (Å²) in [5.41, 5.74) is 2.06. The number of halogens is 1. The molecule has 3 heterocycles. The predicted octanol–water partition coefficient (Wildman–Crippen LogP) is 2.31. The average Bonchev–Trinajstić information content (AvgIpc) is 3.14. The van der Waals surface area contributed by atoms with Gasteiger partial charge in [0.05, 0.1) is 16.9 Å². The maximum atomic E-state index is 13.4. The number of anilines is 2. The highest BCUT2D eigenvalue weighted by molar-refractivity contribution is 5.60. The fourth-order valence-electron chi connectivity index (χ4n) is 3.23. The second-order valence-electron chi connectivity index (χ2n) is 6.38. The molecule has 1 aromatic carbocycles. The maximum Gasteiger partial charge on any atom is 0.158 e. The molecule has 0 N–H and O–H groups in total. The van der Waals surface area contributed by atoms with Crippen LogP contribution in [0, 0.1) is 24.1 Å². The maximum absolute atomic E-state index is 13.4. The SMILES string of the molecule is Cc1ccn(-c2cc(N3CCN(c4ccc(F)cc4C#N)CC3)ncn2)n1. The van der Waals surface area contributed by atoms with Crippen molar-refractivity contribution in [3.8, 4) is 11.9 Å². The van der Waals surface area contributed by atoms with E-state index in [1.807, 2.05) is 25.3 Å². The minimum absolute atomic E-state index is 0.363. The number of aryl methyl sites for hydroxylation is 1. The summed E-state index contributed by atoms with van der Waals surface area (Å²) in [6, 6.07) is 10.3. The van der Waals surface area contributed by atoms with E-state index in [0.717, 1.165) is 49.2 Å². The molecule has 0 radical (unpaired) electrons. The van der Waals surface area contributed by atoms with Gasteiger partial charge >= 0.3 is 0 Å². The Kier molecular flexibility index (Phi) is 4.42. The Bertz CT molecular complexity index is 999. The van der Waals surface area contributed by atoms with Crippen molar-refractivity contribution >= 4 is 11.5 Å². The molecule has 1 fully saturated rings. The standard InChI is InChI=1S/C19H18FN7/c1-14-4-5-27(24-14)19-11-18(22-13-23-19)26-8-6-25(7-9-26)17-3-2-16(20)10-15(17)12-21/h2-5,10-11,13H,6-9H2,1H3. The lowest BCUT2D eigenvalue weighted by molar-refractivity contribution is 0.623. The lowest BCUT2D eigenvalue weighted by Crippen LogP contribution is -2.47. The van der Waals surface area contributed by atoms with E-state index in [0.29, 0.717) is 5.56 Å². The number of hydrogen-bond acceptors (Lipinski definition) is 6. The van der Waals surface area contributed by atoms with Crippen molar-refractivity contribution in [3.05, 3.63) is 59.9 Å². The molecule has 0 atom stereocenters. The van der Waals surface area contributed by atoms with Crippen LogP contribution >= 0.6 is 0 Å². The van der Waals surface area contributed by atoms with E-state index < -0.39 is 5.82 Å². The molecular weight excluding hydrogens is 345 g/mol. The van der Waals surface area contributed by atoms with E-state index in [1.54, 1.807) is 17.1 Å². The third-order valence-electron chi connectivity index (χ3n) is 4.62. The molecule has 0 saturated carbocycles. The van der Waals surface area contributed by atoms with Crippen molar-refractivity contribution in [3.63, 3.8) is 0 Å². The van der Waals surface area contributed by atoms with Crippen molar-refractivity contribution in [1.29, 1.82) is 5.26 Å². The number of benzene rings is 1. The van der Waals surface area contributed by atoms with Gasteiger partial charge in [-0.05, 0) is 31.2 Å². The normalized spacial score (nSPS) is 14.3. The molecule has 3 aromatic rings. The van der Waals surface area contributed by atoms with Gasteiger partial charge in [-0.25, -0.2) is 19.0 Å². The number of piperazine rings is 1. The molecule has 27 heavy (non-hydrogen) atoms. The van der Waals surface area contributed by atoms with Gasteiger partial charge in [0.2, 0.25) is 0 Å². The van der Waals surface area contributed by atoms with Gasteiger partial charge in [-0.1, -0.05) is 0 Å². The molecule has 1 aliphatic heterocycles. The summed E-state index contributed by atoms with van der Waals surface area (Å²) in [4.78, 5) is 13.0. The van der Waals surface area contributed by atoms with Crippen molar-refractivity contribution in [2.45, 2.75) is 6.92 Å². The van der Waals surface area contributed by atoms with Gasteiger partial charge in [0, 0.05) is 38.4 Å². The largest absolute Gasteiger partial charge is 0.367 e. The first-order valence-electron chi connectivity index (χ1n) is 8.68. The van der Waals surface area contributed by atoms with Crippen LogP contribution in [0.5, 0.6) is 0 Å². The molecule has 0 bridgehead atoms. The zero-order valence-electron chi connectivity index (χ0n) is 14.9. The van der Waals surface area contributed by atoms with E-state index in [9.17, 15) is 9.65 Å². The topological polar surface area (TPSA) is 73.9 Å². The van der Waals surface area contributed by atoms with E-state index >= 15 is 0 Å². The number of rotatable bonds is 3. The summed E-state index contributed by atoms with van der Waals surface area (Å²) in [5, 5.41) is 13.6. The smallest absolute Gasteiger partial charge is 0.158 e. The van der Waals surface area contributed by atoms with E-state index in [2.05, 4.69) is 30.9 Å². The highest BCUT2D eigenvalue weighted by atomic mass is 19.1. The first-order chi connectivity index (χ1) is 13.1. The molecule has 0 spiro atoms. The van der Waals surface area contributed by atoms with E-state index in [1.165, 1.54) is 12.1 Å². The highest BCUT2D eigenvalue weighted by Gasteiger charge is 2.21. The Labute approximate surface area is 156 Å². The Morgan fingerprint density at radius 1 is 1.00 bits per heavy atom. The summed E-state index contributed by atoms with van der Waals surface area (Å²) in [6.45, 7) is 4.87. The first kappa shape index (κ1) is 17.0. The Morgan fingerprint density at radius 3 is 2.44 bits per heavy atom. The summed E-state index contributed by atoms with van der Waals surface area (Å²) >= 11 is 0. The Morgan fingerprint density at radius 2 is 1.74 bits per heavy atom. The van der Waals surface area contributed by atoms with Crippen molar-refractivity contribution in [2.24, 2.45) is 0 Å². The average molecular weight is 363 g/mol. The third-order valence-corrected chi connectivity index (χ3v) is 4.62. The van der Waals surface area contributed by atoms with Crippen LogP contribution in [-0.2, 0) is 0 Å². The van der Waals surface area contributed by atoms with Gasteiger partial charge in [-0.2, -0.15) is 10.4 Å². The predicted molar refractivity (Wildman–Crippen MR) is 99.4 cm³/mol. The quantitative estimate of drug-likeness (QED) is 0.711. The van der Waals surface area contributed by atoms with Gasteiger partial charge in [0.25, 0.3) is 0 Å². The van der Waals surface area contributed by atoms with Crippen LogP contribution in [0.15, 0.2) is 42.9 Å². The van der Waals surface area contributed by atoms with Gasteiger partial charge in [-0.3, -0.25) is 0 Å². The van der Waals surface area contributed by atoms with Crippen LogP contribution in [0.2, 0.25) is 0 Å². The molecule has 4 rings (SSSR count). The molecule has 0 unspecified atom stereocenters. The number of hydrogen-bond donors (Lipinski definition) is 0. The van der Waals surface area contributed by atoms with Gasteiger partial charge in [-0.15, -0.1) is 0 Å². The van der Waals surface area contributed by atoms with Crippen LogP contribution in [-0.4, -0.2) is 45.9 Å². The van der Waals surface area contributed by atoms with Crippen LogP contribution in [0.3, 0.4) is 0 Å². The molecule has 136 valence electrons. The summed E-state index contributed by atoms with van der Waals surface area (Å²) < 4.78 is 15.1. The summed E-state index contributed by atoms with van der Waals surface area (Å²) in [6.07, 6.45) is 3.42. The minimum atomic E-state index is -0.392. The zero-order valence-corrected chi connectivity index (χ0v) is 14.9. The number of nitrogens with zero attached hydrogens (tertiary/aromatic N) is 7. The molecule has 1 saturated heterocycles. The van der Waals surface area contributed by atoms with Gasteiger partial charge < -0.3 is 9.80 Å². The lowest BCUT2D eigenvalue weighted by Gasteiger charge is -2.37. The second-order valence-corrected chi connectivity index (χ2v) is 6.38. The Balaban J connectivity index is 1.49. The van der Waals surface area contributed by atoms with Crippen molar-refractivity contribution in [1.82, 2.24) is 19.7 Å². The molecule has 7 nitrogen and oxygen atoms in total. The molecule has 2 aromatic heterocycles. The zero-order chi connectivity index (χ0) is 18.8. The third kappa shape index (κ3) is 3.44. The van der Waals surface area contributed by atoms with Gasteiger partial charge in [0.1, 0.15) is 24.0 Å². The minimum Gasteiger partial charge on any atom is -0.367 e. The Hall–Kier alpha value is -3.47. The fraction of sp³-hybridized carbons (Fsp3) is 0.263. The highest BCUT2D eigenvalue weighted by Crippen LogP contribution is 2.24. The molecular formula is C19H18FN7. The number of nitriles is 1. The second kappa shape index (κ2) is 7.03. The molecule has 0 amide bonds. The summed E-state index contributed by atoms with van der Waals surface area (Å²) in [5.74, 6) is 1.17. The summed E-state index contributed by atoms with van der Waals surface area (Å²) in [7, 11) is 0. The van der Waals surface area contributed by atoms with Crippen LogP contribution < -0.4 is 9.80 Å². The van der Waals surface area contributed by atoms with Crippen LogP contribution in [0.25, 0.3) is 5.82 Å². The van der Waals surface area contributed by atoms with E-state index in [-0.39, 0.29) is 0 Å². The van der Waals surface area contributed by atoms with Gasteiger partial charge in [0.15, 0.2) is 5.82 Å². The van der Waals surface area contributed by atoms with E-state index in [4.69, 9.17) is 0 Å². The van der Waals surface area contributed by atoms with Crippen molar-refractivity contribution in [2.75, 3.05) is 36.0 Å².